The van der Waals surface area contributed by atoms with E-state index in [9.17, 15) is 0 Å². The van der Waals surface area contributed by atoms with Gasteiger partial charge in [-0.15, -0.1) is 0 Å². The van der Waals surface area contributed by atoms with Gasteiger partial charge in [0.05, 0.1) is 0 Å². The summed E-state index contributed by atoms with van der Waals surface area (Å²) in [6.45, 7) is 1.27. The summed E-state index contributed by atoms with van der Waals surface area (Å²) in [4.78, 5) is 2.23. The van der Waals surface area contributed by atoms with E-state index in [2.05, 4.69) is 19.0 Å². The zero-order valence-corrected chi connectivity index (χ0v) is 7.57. The van der Waals surface area contributed by atoms with Crippen LogP contribution in [0.1, 0.15) is 6.42 Å². The molecule has 0 unspecified atom stereocenters. The van der Waals surface area contributed by atoms with Crippen molar-refractivity contribution in [1.29, 1.82) is 0 Å². The first kappa shape index (κ1) is 7.96. The van der Waals surface area contributed by atoms with E-state index in [4.69, 9.17) is 0 Å². The molecule has 1 nitrogen and oxygen atoms in total. The number of nitrogens with zero attached hydrogens (tertiary/aromatic N) is 1. The molecule has 0 spiro atoms. The quantitative estimate of drug-likeness (QED) is 0.478. The Morgan fingerprint density at radius 1 is 1.43 bits per heavy atom. The van der Waals surface area contributed by atoms with Crippen molar-refractivity contribution in [1.82, 2.24) is 4.90 Å². The van der Waals surface area contributed by atoms with Crippen LogP contribution in [0.5, 0.6) is 0 Å². The van der Waals surface area contributed by atoms with Gasteiger partial charge in [0.1, 0.15) is 0 Å². The standard InChI is InChI=1S/C5H12N.Na/c1-4-5-6(2)3;/h1,4-5H2,2-3H3;. The molecule has 0 bridgehead atoms. The van der Waals surface area contributed by atoms with E-state index in [1.807, 2.05) is 0 Å². The summed E-state index contributed by atoms with van der Waals surface area (Å²) in [5.41, 5.74) is 0. The molecule has 0 rings (SSSR count). The molecule has 0 saturated carbocycles. The Kier molecular flexibility index (Phi) is 5.80. The van der Waals surface area contributed by atoms with Crippen molar-refractivity contribution in [3.05, 3.63) is 0 Å². The normalized spacial score (nSPS) is 10.4. The van der Waals surface area contributed by atoms with Crippen LogP contribution in [0.25, 0.3) is 0 Å². The van der Waals surface area contributed by atoms with Crippen LogP contribution < -0.4 is 0 Å². The first-order valence-corrected chi connectivity index (χ1v) is 4.33. The molecule has 0 atom stereocenters. The molecule has 0 amide bonds. The van der Waals surface area contributed by atoms with Crippen LogP contribution in [0.2, 0.25) is 3.67 Å². The van der Waals surface area contributed by atoms with Crippen LogP contribution in [0.15, 0.2) is 0 Å². The fourth-order valence-electron chi connectivity index (χ4n) is 0.474. The van der Waals surface area contributed by atoms with Crippen molar-refractivity contribution in [3.63, 3.8) is 0 Å². The van der Waals surface area contributed by atoms with E-state index in [0.29, 0.717) is 0 Å². The molecule has 0 saturated heterocycles. The van der Waals surface area contributed by atoms with E-state index in [1.165, 1.54) is 44.6 Å². The van der Waals surface area contributed by atoms with Crippen molar-refractivity contribution < 1.29 is 0 Å². The van der Waals surface area contributed by atoms with Crippen molar-refractivity contribution in [2.24, 2.45) is 0 Å². The molecule has 0 fully saturated rings. The van der Waals surface area contributed by atoms with E-state index in [1.54, 1.807) is 0 Å². The third-order valence-electron chi connectivity index (χ3n) is 0.959. The average Bonchev–Trinajstić information content (AvgIpc) is 1.61. The third-order valence-corrected chi connectivity index (χ3v) is 1.67. The minimum absolute atomic E-state index is 1.27. The molecular weight excluding hydrogens is 97.1 g/mol. The van der Waals surface area contributed by atoms with Gasteiger partial charge in [0.2, 0.25) is 0 Å². The maximum atomic E-state index is 2.23. The van der Waals surface area contributed by atoms with Crippen LogP contribution in [0.4, 0.5) is 0 Å². The van der Waals surface area contributed by atoms with Gasteiger partial charge in [-0.1, -0.05) is 0 Å². The molecule has 0 aromatic rings. The zero-order valence-electron chi connectivity index (χ0n) is 5.57. The molecule has 0 aliphatic heterocycles. The fraction of sp³-hybridized carbons (Fsp3) is 1.00. The van der Waals surface area contributed by atoms with Crippen LogP contribution in [-0.4, -0.2) is 53.5 Å². The zero-order chi connectivity index (χ0) is 5.70. The maximum absolute atomic E-state index is 2.23. The summed E-state index contributed by atoms with van der Waals surface area (Å²) in [5.74, 6) is 0. The Labute approximate surface area is 63.5 Å². The number of hydrogen-bond donors (Lipinski definition) is 0. The van der Waals surface area contributed by atoms with Crippen molar-refractivity contribution in [2.45, 2.75) is 10.1 Å². The second-order valence-corrected chi connectivity index (χ2v) is 3.16. The van der Waals surface area contributed by atoms with E-state index >= 15 is 0 Å². The van der Waals surface area contributed by atoms with E-state index < -0.39 is 0 Å². The number of hydrogen-bond acceptors (Lipinski definition) is 1. The fourth-order valence-corrected chi connectivity index (χ4v) is 0.791. The van der Waals surface area contributed by atoms with Gasteiger partial charge in [-0.05, 0) is 0 Å². The molecule has 7 heavy (non-hydrogen) atoms. The summed E-state index contributed by atoms with van der Waals surface area (Å²) < 4.78 is 1.44. The Morgan fingerprint density at radius 2 is 2.00 bits per heavy atom. The molecule has 0 N–H and O–H groups in total. The van der Waals surface area contributed by atoms with Crippen LogP contribution in [0, 0.1) is 0 Å². The summed E-state index contributed by atoms with van der Waals surface area (Å²) in [6, 6.07) is 0. The molecule has 0 radical (unpaired) electrons. The van der Waals surface area contributed by atoms with Crippen LogP contribution in [-0.2, 0) is 0 Å². The topological polar surface area (TPSA) is 3.24 Å². The Balaban J connectivity index is 2.68. The molecule has 2 heteroatoms. The third kappa shape index (κ3) is 6.96. The molecule has 0 aliphatic rings. The van der Waals surface area contributed by atoms with Crippen molar-refractivity contribution >= 4 is 27.9 Å². The molecule has 0 heterocycles. The molecule has 0 aromatic carbocycles. The summed E-state index contributed by atoms with van der Waals surface area (Å²) in [5, 5.41) is 0. The van der Waals surface area contributed by atoms with Gasteiger partial charge in [-0.3, -0.25) is 0 Å². The van der Waals surface area contributed by atoms with Gasteiger partial charge in [0, 0.05) is 0 Å². The number of rotatable bonds is 3. The first-order valence-electron chi connectivity index (χ1n) is 2.92. The monoisotopic (exact) mass is 109 g/mol. The SMILES string of the molecule is CN(C)CC[CH2][Na]. The second kappa shape index (κ2) is 5.10. The molecule has 0 aliphatic carbocycles. The molecule has 0 aromatic heterocycles. The average molecular weight is 109 g/mol. The molecule has 38 valence electrons. The second-order valence-electron chi connectivity index (χ2n) is 2.16. The van der Waals surface area contributed by atoms with Crippen LogP contribution in [0.3, 0.4) is 0 Å². The van der Waals surface area contributed by atoms with Crippen molar-refractivity contribution in [2.75, 3.05) is 20.6 Å². The Morgan fingerprint density at radius 3 is 2.14 bits per heavy atom. The van der Waals surface area contributed by atoms with Gasteiger partial charge in [-0.2, -0.15) is 0 Å². The summed E-state index contributed by atoms with van der Waals surface area (Å²) in [6.07, 6.45) is 1.39. The van der Waals surface area contributed by atoms with Gasteiger partial charge < -0.3 is 0 Å². The summed E-state index contributed by atoms with van der Waals surface area (Å²) in [7, 11) is 4.24. The Bertz CT molecular complexity index is 37.1. The Hall–Kier alpha value is 0.960. The summed E-state index contributed by atoms with van der Waals surface area (Å²) >= 11 is 1.37. The van der Waals surface area contributed by atoms with Gasteiger partial charge in [-0.25, -0.2) is 0 Å². The predicted molar refractivity (Wildman–Crippen MR) is 33.7 cm³/mol. The van der Waals surface area contributed by atoms with E-state index in [0.717, 1.165) is 0 Å². The minimum atomic E-state index is 1.27. The van der Waals surface area contributed by atoms with Gasteiger partial charge >= 0.3 is 63.6 Å². The van der Waals surface area contributed by atoms with Crippen LogP contribution >= 0.6 is 0 Å². The van der Waals surface area contributed by atoms with Gasteiger partial charge in [0.15, 0.2) is 0 Å². The predicted octanol–water partition coefficient (Wildman–Crippen LogP) is 0.525. The van der Waals surface area contributed by atoms with Gasteiger partial charge in [0.25, 0.3) is 0 Å². The van der Waals surface area contributed by atoms with E-state index in [-0.39, 0.29) is 0 Å². The van der Waals surface area contributed by atoms with Crippen molar-refractivity contribution in [3.8, 4) is 0 Å². The first-order chi connectivity index (χ1) is 3.27. The molecular formula is C5H12NNa.